The van der Waals surface area contributed by atoms with E-state index in [1.54, 1.807) is 6.20 Å². The number of rotatable bonds is 3. The first kappa shape index (κ1) is 12.9. The monoisotopic (exact) mass is 252 g/mol. The lowest BCUT2D eigenvalue weighted by Crippen LogP contribution is -2.42. The zero-order chi connectivity index (χ0) is 12.3. The van der Waals surface area contributed by atoms with E-state index in [0.29, 0.717) is 6.04 Å². The van der Waals surface area contributed by atoms with Gasteiger partial charge >= 0.3 is 0 Å². The first-order chi connectivity index (χ1) is 8.18. The molecule has 0 radical (unpaired) electrons. The smallest absolute Gasteiger partial charge is 0.244 e. The fourth-order valence-corrected chi connectivity index (χ4v) is 3.60. The molecule has 17 heavy (non-hydrogen) atoms. The highest BCUT2D eigenvalue weighted by molar-refractivity contribution is 7.92. The summed E-state index contributed by atoms with van der Waals surface area (Å²) in [6, 6.07) is 6.23. The fourth-order valence-electron chi connectivity index (χ4n) is 2.24. The number of aromatic nitrogens is 1. The highest BCUT2D eigenvalue weighted by Crippen LogP contribution is 2.23. The summed E-state index contributed by atoms with van der Waals surface area (Å²) in [6.45, 7) is 6.55. The lowest BCUT2D eigenvalue weighted by Gasteiger charge is -2.34. The molecule has 1 aromatic rings. The van der Waals surface area contributed by atoms with Gasteiger partial charge in [0.2, 0.25) is 5.03 Å². The van der Waals surface area contributed by atoms with E-state index in [2.05, 4.69) is 23.7 Å². The first-order valence-electron chi connectivity index (χ1n) is 6.24. The van der Waals surface area contributed by atoms with Gasteiger partial charge in [-0.15, -0.1) is 0 Å². The molecule has 1 aromatic heterocycles. The zero-order valence-electron chi connectivity index (χ0n) is 10.5. The second-order valence-corrected chi connectivity index (χ2v) is 6.47. The van der Waals surface area contributed by atoms with Crippen molar-refractivity contribution >= 4 is 11.2 Å². The molecular weight excluding hydrogens is 232 g/mol. The third kappa shape index (κ3) is 3.21. The van der Waals surface area contributed by atoms with Crippen LogP contribution < -0.4 is 0 Å². The van der Waals surface area contributed by atoms with Gasteiger partial charge in [-0.3, -0.25) is 0 Å². The summed E-state index contributed by atoms with van der Waals surface area (Å²) in [6.07, 6.45) is 3.75. The van der Waals surface area contributed by atoms with Crippen molar-refractivity contribution in [3.63, 3.8) is 0 Å². The average Bonchev–Trinajstić information content (AvgIpc) is 2.39. The van der Waals surface area contributed by atoms with Gasteiger partial charge in [-0.1, -0.05) is 6.07 Å². The quantitative estimate of drug-likeness (QED) is 0.773. The SMILES string of the molecule is CC(C)N1CCC([S+]([O-])c2ccccn2)CC1. The van der Waals surface area contributed by atoms with Crippen LogP contribution in [0.15, 0.2) is 29.4 Å². The van der Waals surface area contributed by atoms with Crippen molar-refractivity contribution in [1.82, 2.24) is 9.88 Å². The molecule has 0 N–H and O–H groups in total. The third-order valence-corrected chi connectivity index (χ3v) is 5.08. The van der Waals surface area contributed by atoms with Crippen LogP contribution >= 0.6 is 0 Å². The predicted octanol–water partition coefficient (Wildman–Crippen LogP) is 2.06. The molecule has 0 spiro atoms. The molecule has 1 atom stereocenters. The first-order valence-corrected chi connectivity index (χ1v) is 7.45. The fraction of sp³-hybridized carbons (Fsp3) is 0.615. The highest BCUT2D eigenvalue weighted by Gasteiger charge is 2.30. The van der Waals surface area contributed by atoms with Crippen molar-refractivity contribution in [3.05, 3.63) is 24.4 Å². The van der Waals surface area contributed by atoms with Crippen LogP contribution in [0.5, 0.6) is 0 Å². The van der Waals surface area contributed by atoms with Crippen LogP contribution in [0.2, 0.25) is 0 Å². The maximum atomic E-state index is 12.3. The van der Waals surface area contributed by atoms with E-state index < -0.39 is 11.2 Å². The second kappa shape index (κ2) is 5.85. The number of hydrogen-bond donors (Lipinski definition) is 0. The Morgan fingerprint density at radius 3 is 2.59 bits per heavy atom. The lowest BCUT2D eigenvalue weighted by atomic mass is 10.1. The van der Waals surface area contributed by atoms with E-state index in [0.717, 1.165) is 31.0 Å². The topological polar surface area (TPSA) is 39.2 Å². The van der Waals surface area contributed by atoms with Crippen LogP contribution in [0.3, 0.4) is 0 Å². The van der Waals surface area contributed by atoms with Crippen molar-refractivity contribution in [3.8, 4) is 0 Å². The third-order valence-electron chi connectivity index (χ3n) is 3.35. The molecule has 4 heteroatoms. The molecule has 1 aliphatic rings. The van der Waals surface area contributed by atoms with Gasteiger partial charge in [0.05, 0.1) is 0 Å². The van der Waals surface area contributed by atoms with Gasteiger partial charge in [-0.2, -0.15) is 0 Å². The lowest BCUT2D eigenvalue weighted by molar-refractivity contribution is 0.186. The molecule has 2 heterocycles. The summed E-state index contributed by atoms with van der Waals surface area (Å²) in [5.41, 5.74) is 0. The standard InChI is InChI=1S/C13H20N2OS/c1-11(2)15-9-6-12(7-10-15)17(16)13-5-3-4-8-14-13/h3-5,8,11-12H,6-7,9-10H2,1-2H3. The van der Waals surface area contributed by atoms with Crippen LogP contribution in [-0.2, 0) is 11.2 Å². The van der Waals surface area contributed by atoms with E-state index in [-0.39, 0.29) is 5.25 Å². The maximum Gasteiger partial charge on any atom is 0.244 e. The van der Waals surface area contributed by atoms with Crippen molar-refractivity contribution in [2.75, 3.05) is 13.1 Å². The molecule has 94 valence electrons. The Hall–Kier alpha value is -0.580. The molecule has 2 rings (SSSR count). The average molecular weight is 252 g/mol. The molecule has 1 aliphatic heterocycles. The van der Waals surface area contributed by atoms with Crippen molar-refractivity contribution in [2.24, 2.45) is 0 Å². The van der Waals surface area contributed by atoms with Crippen LogP contribution in [-0.4, -0.2) is 38.8 Å². The number of pyridine rings is 1. The number of hydrogen-bond acceptors (Lipinski definition) is 3. The Morgan fingerprint density at radius 2 is 2.06 bits per heavy atom. The van der Waals surface area contributed by atoms with E-state index in [1.165, 1.54) is 0 Å². The van der Waals surface area contributed by atoms with Crippen LogP contribution in [0, 0.1) is 0 Å². The molecule has 0 amide bonds. The van der Waals surface area contributed by atoms with Gasteiger partial charge < -0.3 is 9.45 Å². The van der Waals surface area contributed by atoms with Crippen LogP contribution in [0.4, 0.5) is 0 Å². The minimum atomic E-state index is -0.936. The summed E-state index contributed by atoms with van der Waals surface area (Å²) in [4.78, 5) is 6.64. The summed E-state index contributed by atoms with van der Waals surface area (Å²) >= 11 is -0.936. The van der Waals surface area contributed by atoms with E-state index >= 15 is 0 Å². The predicted molar refractivity (Wildman–Crippen MR) is 70.4 cm³/mol. The Kier molecular flexibility index (Phi) is 4.42. The van der Waals surface area contributed by atoms with E-state index in [9.17, 15) is 4.55 Å². The molecule has 1 unspecified atom stereocenters. The number of nitrogens with zero attached hydrogens (tertiary/aromatic N) is 2. The molecule has 0 saturated carbocycles. The van der Waals surface area contributed by atoms with Gasteiger partial charge in [0.15, 0.2) is 0 Å². The normalized spacial score (nSPS) is 20.7. The minimum Gasteiger partial charge on any atom is -0.610 e. The Bertz CT molecular complexity index is 337. The number of piperidine rings is 1. The van der Waals surface area contributed by atoms with Crippen molar-refractivity contribution in [2.45, 2.75) is 43.0 Å². The molecule has 3 nitrogen and oxygen atoms in total. The minimum absolute atomic E-state index is 0.278. The van der Waals surface area contributed by atoms with Crippen LogP contribution in [0.1, 0.15) is 26.7 Å². The highest BCUT2D eigenvalue weighted by atomic mass is 32.2. The van der Waals surface area contributed by atoms with E-state index in [1.807, 2.05) is 18.2 Å². The van der Waals surface area contributed by atoms with Gasteiger partial charge in [0.25, 0.3) is 0 Å². The van der Waals surface area contributed by atoms with Gasteiger partial charge in [0, 0.05) is 55.4 Å². The van der Waals surface area contributed by atoms with Crippen molar-refractivity contribution in [1.29, 1.82) is 0 Å². The number of likely N-dealkylation sites (tertiary alicyclic amines) is 1. The van der Waals surface area contributed by atoms with Gasteiger partial charge in [-0.05, 0) is 19.9 Å². The maximum absolute atomic E-state index is 12.3. The summed E-state index contributed by atoms with van der Waals surface area (Å²) < 4.78 is 12.3. The van der Waals surface area contributed by atoms with Gasteiger partial charge in [-0.25, -0.2) is 4.98 Å². The van der Waals surface area contributed by atoms with E-state index in [4.69, 9.17) is 0 Å². The van der Waals surface area contributed by atoms with Crippen molar-refractivity contribution < 1.29 is 4.55 Å². The van der Waals surface area contributed by atoms with Gasteiger partial charge in [0.1, 0.15) is 5.25 Å². The second-order valence-electron chi connectivity index (χ2n) is 4.79. The molecule has 0 bridgehead atoms. The van der Waals surface area contributed by atoms with Crippen LogP contribution in [0.25, 0.3) is 0 Å². The molecule has 1 saturated heterocycles. The Labute approximate surface area is 106 Å². The molecular formula is C13H20N2OS. The largest absolute Gasteiger partial charge is 0.610 e. The molecule has 0 aliphatic carbocycles. The summed E-state index contributed by atoms with van der Waals surface area (Å²) in [5, 5.41) is 1.01. The summed E-state index contributed by atoms with van der Waals surface area (Å²) in [7, 11) is 0. The zero-order valence-corrected chi connectivity index (χ0v) is 11.3. The molecule has 1 fully saturated rings. The molecule has 0 aromatic carbocycles. The Balaban J connectivity index is 1.93. The Morgan fingerprint density at radius 1 is 1.35 bits per heavy atom. The summed E-state index contributed by atoms with van der Waals surface area (Å²) in [5.74, 6) is 0.